The number of alkyl carbamates (subject to hydrolysis) is 1. The van der Waals surface area contributed by atoms with Gasteiger partial charge in [0.15, 0.2) is 10.9 Å². The molecule has 0 aliphatic rings. The van der Waals surface area contributed by atoms with E-state index in [4.69, 9.17) is 4.74 Å². The average Bonchev–Trinajstić information content (AvgIpc) is 2.49. The quantitative estimate of drug-likeness (QED) is 0.548. The minimum Gasteiger partial charge on any atom is -0.593 e. The zero-order valence-electron chi connectivity index (χ0n) is 18.6. The molecule has 1 aromatic carbocycles. The van der Waals surface area contributed by atoms with Gasteiger partial charge in [-0.15, -0.1) is 4.72 Å². The summed E-state index contributed by atoms with van der Waals surface area (Å²) in [5, 5.41) is 12.4. The first kappa shape index (κ1) is 25.3. The number of rotatable bonds is 8. The van der Waals surface area contributed by atoms with Crippen molar-refractivity contribution in [3.63, 3.8) is 0 Å². The van der Waals surface area contributed by atoms with E-state index >= 15 is 0 Å². The first-order chi connectivity index (χ1) is 13.1. The highest BCUT2D eigenvalue weighted by molar-refractivity contribution is 7.89. The molecule has 29 heavy (non-hydrogen) atoms. The standard InChI is InChI=1S/C21H34N2O5S/c1-13-11-14(2)16(15(3)12-13)29(27)23-17(18(24)25)21(7,8)9-10-22-19(26)28-20(4,5)6/h11-12,17,23H,9-10H2,1-8H3,(H,22,26)(H,24,25)/t17?,29-/m0/s1. The SMILES string of the molecule is Cc1cc(C)c([S@+]([O-])NC(C(=O)O)C(C)(C)CCNC(=O)OC(C)(C)C)c(C)c1. The smallest absolute Gasteiger partial charge is 0.407 e. The van der Waals surface area contributed by atoms with Gasteiger partial charge in [0.25, 0.3) is 0 Å². The van der Waals surface area contributed by atoms with Crippen LogP contribution in [0.2, 0.25) is 0 Å². The van der Waals surface area contributed by atoms with Crippen molar-refractivity contribution < 1.29 is 24.0 Å². The Hall–Kier alpha value is -1.77. The molecule has 0 aliphatic heterocycles. The third kappa shape index (κ3) is 7.87. The number of aryl methyl sites for hydroxylation is 3. The summed E-state index contributed by atoms with van der Waals surface area (Å²) in [4.78, 5) is 24.3. The Morgan fingerprint density at radius 3 is 2.10 bits per heavy atom. The lowest BCUT2D eigenvalue weighted by Crippen LogP contribution is -2.51. The highest BCUT2D eigenvalue weighted by Crippen LogP contribution is 2.28. The number of hydrogen-bond acceptors (Lipinski definition) is 5. The Morgan fingerprint density at radius 2 is 1.66 bits per heavy atom. The molecule has 2 atom stereocenters. The molecule has 0 saturated carbocycles. The molecule has 8 heteroatoms. The lowest BCUT2D eigenvalue weighted by atomic mass is 9.81. The van der Waals surface area contributed by atoms with E-state index in [1.54, 1.807) is 34.6 Å². The third-order valence-corrected chi connectivity index (χ3v) is 5.95. The number of amides is 1. The van der Waals surface area contributed by atoms with Gasteiger partial charge in [0.1, 0.15) is 5.60 Å². The van der Waals surface area contributed by atoms with Gasteiger partial charge in [0, 0.05) is 17.7 Å². The Morgan fingerprint density at radius 1 is 1.14 bits per heavy atom. The number of hydrogen-bond donors (Lipinski definition) is 3. The van der Waals surface area contributed by atoms with E-state index in [-0.39, 0.29) is 6.54 Å². The lowest BCUT2D eigenvalue weighted by molar-refractivity contribution is -0.142. The largest absolute Gasteiger partial charge is 0.593 e. The minimum absolute atomic E-state index is 0.239. The second-order valence-corrected chi connectivity index (χ2v) is 10.2. The zero-order chi connectivity index (χ0) is 22.6. The molecule has 0 spiro atoms. The maximum absolute atomic E-state index is 12.9. The Labute approximate surface area is 176 Å². The van der Waals surface area contributed by atoms with E-state index in [2.05, 4.69) is 10.0 Å². The van der Waals surface area contributed by atoms with Crippen LogP contribution in [0, 0.1) is 26.2 Å². The van der Waals surface area contributed by atoms with Gasteiger partial charge in [-0.25, -0.2) is 4.79 Å². The molecule has 0 aliphatic carbocycles. The van der Waals surface area contributed by atoms with Crippen molar-refractivity contribution in [2.45, 2.75) is 78.3 Å². The maximum Gasteiger partial charge on any atom is 0.407 e. The number of carboxylic acid groups (broad SMARTS) is 1. The summed E-state index contributed by atoms with van der Waals surface area (Å²) in [5.74, 6) is -1.09. The monoisotopic (exact) mass is 426 g/mol. The number of nitrogens with one attached hydrogen (secondary N) is 2. The zero-order valence-corrected chi connectivity index (χ0v) is 19.5. The maximum atomic E-state index is 12.9. The van der Waals surface area contributed by atoms with Gasteiger partial charge < -0.3 is 19.7 Å². The molecule has 1 unspecified atom stereocenters. The van der Waals surface area contributed by atoms with Crippen molar-refractivity contribution in [3.8, 4) is 0 Å². The van der Waals surface area contributed by atoms with Crippen LogP contribution in [0.3, 0.4) is 0 Å². The van der Waals surface area contributed by atoms with E-state index in [9.17, 15) is 19.2 Å². The topological polar surface area (TPSA) is 111 Å². The molecule has 0 fully saturated rings. The number of benzene rings is 1. The second kappa shape index (κ2) is 9.82. The van der Waals surface area contributed by atoms with Crippen LogP contribution in [0.1, 0.15) is 57.7 Å². The summed E-state index contributed by atoms with van der Waals surface area (Å²) < 4.78 is 20.9. The highest BCUT2D eigenvalue weighted by Gasteiger charge is 2.39. The Balaban J connectivity index is 2.85. The fourth-order valence-electron chi connectivity index (χ4n) is 3.11. The first-order valence-corrected chi connectivity index (χ1v) is 10.7. The number of ether oxygens (including phenoxy) is 1. The predicted molar refractivity (Wildman–Crippen MR) is 114 cm³/mol. The highest BCUT2D eigenvalue weighted by atomic mass is 32.2. The molecule has 164 valence electrons. The molecule has 3 N–H and O–H groups in total. The number of carbonyl (C=O) groups is 2. The average molecular weight is 427 g/mol. The Bertz CT molecular complexity index is 720. The van der Waals surface area contributed by atoms with Crippen LogP contribution in [-0.2, 0) is 20.9 Å². The predicted octanol–water partition coefficient (Wildman–Crippen LogP) is 3.62. The molecule has 0 aromatic heterocycles. The number of aliphatic carboxylic acids is 1. The first-order valence-electron chi connectivity index (χ1n) is 9.59. The number of carboxylic acids is 1. The molecule has 7 nitrogen and oxygen atoms in total. The fraction of sp³-hybridized carbons (Fsp3) is 0.619. The minimum atomic E-state index is -1.68. The van der Waals surface area contributed by atoms with Gasteiger partial charge in [0.05, 0.1) is 11.4 Å². The van der Waals surface area contributed by atoms with Gasteiger partial charge >= 0.3 is 12.1 Å². The molecule has 0 bridgehead atoms. The second-order valence-electron chi connectivity index (χ2n) is 9.05. The van der Waals surface area contributed by atoms with Gasteiger partial charge in [-0.1, -0.05) is 31.5 Å². The molecule has 0 radical (unpaired) electrons. The summed E-state index contributed by atoms with van der Waals surface area (Å²) in [5.41, 5.74) is 1.38. The number of carbonyl (C=O) groups excluding carboxylic acids is 1. The Kier molecular flexibility index (Phi) is 8.56. The normalized spacial score (nSPS) is 14.2. The van der Waals surface area contributed by atoms with Crippen LogP contribution in [0.25, 0.3) is 0 Å². The van der Waals surface area contributed by atoms with E-state index in [0.29, 0.717) is 11.3 Å². The third-order valence-electron chi connectivity index (χ3n) is 4.48. The molecular formula is C21H34N2O5S. The van der Waals surface area contributed by atoms with Crippen LogP contribution >= 0.6 is 0 Å². The molecular weight excluding hydrogens is 392 g/mol. The summed E-state index contributed by atoms with van der Waals surface area (Å²) in [6.07, 6.45) is -0.193. The van der Waals surface area contributed by atoms with Crippen molar-refractivity contribution in [1.29, 1.82) is 0 Å². The van der Waals surface area contributed by atoms with Crippen LogP contribution in [0.15, 0.2) is 17.0 Å². The van der Waals surface area contributed by atoms with Crippen LogP contribution < -0.4 is 10.0 Å². The fourth-order valence-corrected chi connectivity index (χ4v) is 4.57. The molecule has 1 aromatic rings. The van der Waals surface area contributed by atoms with Gasteiger partial charge in [0.2, 0.25) is 0 Å². The van der Waals surface area contributed by atoms with E-state index in [1.807, 2.05) is 32.9 Å². The van der Waals surface area contributed by atoms with E-state index in [1.165, 1.54) is 0 Å². The van der Waals surface area contributed by atoms with Crippen LogP contribution in [0.5, 0.6) is 0 Å². The summed E-state index contributed by atoms with van der Waals surface area (Å²) in [6.45, 7) is 14.8. The van der Waals surface area contributed by atoms with Crippen molar-refractivity contribution in [3.05, 3.63) is 28.8 Å². The van der Waals surface area contributed by atoms with Gasteiger partial charge in [-0.2, -0.15) is 0 Å². The molecule has 1 amide bonds. The van der Waals surface area contributed by atoms with Crippen molar-refractivity contribution in [1.82, 2.24) is 10.0 Å². The van der Waals surface area contributed by atoms with Crippen molar-refractivity contribution in [2.75, 3.05) is 6.54 Å². The molecule has 0 heterocycles. The van der Waals surface area contributed by atoms with Crippen LogP contribution in [0.4, 0.5) is 4.79 Å². The van der Waals surface area contributed by atoms with E-state index in [0.717, 1.165) is 16.7 Å². The summed E-state index contributed by atoms with van der Waals surface area (Å²) in [6, 6.07) is 2.78. The molecule has 1 rings (SSSR count). The van der Waals surface area contributed by atoms with Gasteiger partial charge in [-0.3, -0.25) is 4.79 Å². The lowest BCUT2D eigenvalue weighted by Gasteiger charge is -2.32. The summed E-state index contributed by atoms with van der Waals surface area (Å²) in [7, 11) is 0. The van der Waals surface area contributed by atoms with Crippen LogP contribution in [-0.4, -0.2) is 39.9 Å². The van der Waals surface area contributed by atoms with Crippen molar-refractivity contribution >= 4 is 23.4 Å². The van der Waals surface area contributed by atoms with E-state index < -0.39 is 40.5 Å². The summed E-state index contributed by atoms with van der Waals surface area (Å²) >= 11 is -1.68. The van der Waals surface area contributed by atoms with Gasteiger partial charge in [-0.05, 0) is 53.4 Å². The molecule has 0 saturated heterocycles. The van der Waals surface area contributed by atoms with Crippen molar-refractivity contribution in [2.24, 2.45) is 5.41 Å².